The molecule has 3 heterocycles. The Hall–Kier alpha value is -3.33. The highest BCUT2D eigenvalue weighted by molar-refractivity contribution is 5.90. The number of cyclic esters (lactones) is 1. The lowest BCUT2D eigenvalue weighted by Crippen LogP contribution is -2.49. The average Bonchev–Trinajstić information content (AvgIpc) is 3.70. The number of amides is 2. The third-order valence-corrected chi connectivity index (χ3v) is 7.41. The van der Waals surface area contributed by atoms with Crippen molar-refractivity contribution in [2.45, 2.75) is 44.9 Å². The van der Waals surface area contributed by atoms with Gasteiger partial charge in [-0.15, -0.1) is 0 Å². The minimum Gasteiger partial charge on any atom is -0.465 e. The number of carbonyl (C=O) groups is 2. The molecule has 9 heteroatoms. The number of carboxylic acid groups (broad SMARTS) is 1. The number of aromatic nitrogens is 1. The standard InChI is InChI=1S/C26H33N5O4/c1-17(28-24-14-22-21(15-27-24)16-35-26(34)29(22)2)19-5-7-20(8-6-19)23(13-18-3-4-18)30-9-11-31(12-10-30)25(32)33/h5-8,14-15,17-18,23H,3-4,9-13,16H2,1-2H3,(H,27,28)(H,32,33). The molecule has 35 heavy (non-hydrogen) atoms. The molecule has 5 rings (SSSR count). The lowest BCUT2D eigenvalue weighted by atomic mass is 9.96. The Morgan fingerprint density at radius 2 is 1.86 bits per heavy atom. The number of anilines is 2. The highest BCUT2D eigenvalue weighted by atomic mass is 16.6. The normalized spacial score (nSPS) is 20.1. The van der Waals surface area contributed by atoms with Gasteiger partial charge in [-0.3, -0.25) is 9.80 Å². The van der Waals surface area contributed by atoms with Gasteiger partial charge in [-0.05, 0) is 30.4 Å². The zero-order valence-corrected chi connectivity index (χ0v) is 20.3. The first-order chi connectivity index (χ1) is 16.9. The largest absolute Gasteiger partial charge is 0.465 e. The Bertz CT molecular complexity index is 1080. The monoisotopic (exact) mass is 479 g/mol. The lowest BCUT2D eigenvalue weighted by molar-refractivity contribution is 0.0805. The van der Waals surface area contributed by atoms with Crippen molar-refractivity contribution in [3.8, 4) is 0 Å². The van der Waals surface area contributed by atoms with Crippen LogP contribution in [0.4, 0.5) is 21.1 Å². The van der Waals surface area contributed by atoms with E-state index in [1.165, 1.54) is 28.2 Å². The number of benzene rings is 1. The fourth-order valence-electron chi connectivity index (χ4n) is 5.01. The summed E-state index contributed by atoms with van der Waals surface area (Å²) in [5.41, 5.74) is 4.15. The highest BCUT2D eigenvalue weighted by Gasteiger charge is 2.32. The number of pyridine rings is 1. The number of nitrogens with zero attached hydrogens (tertiary/aromatic N) is 4. The van der Waals surface area contributed by atoms with Crippen LogP contribution in [0.15, 0.2) is 36.5 Å². The SMILES string of the molecule is CC(Nc1cc2c(cn1)COC(=O)N2C)c1ccc(C(CC2CC2)N2CCN(C(=O)O)CC2)cc1. The highest BCUT2D eigenvalue weighted by Crippen LogP contribution is 2.40. The second kappa shape index (κ2) is 9.73. The van der Waals surface area contributed by atoms with Crippen molar-refractivity contribution in [1.29, 1.82) is 0 Å². The quantitative estimate of drug-likeness (QED) is 0.604. The summed E-state index contributed by atoms with van der Waals surface area (Å²) in [5.74, 6) is 1.49. The summed E-state index contributed by atoms with van der Waals surface area (Å²) in [6.07, 6.45) is 4.30. The van der Waals surface area contributed by atoms with Gasteiger partial charge in [0.2, 0.25) is 0 Å². The van der Waals surface area contributed by atoms with Gasteiger partial charge in [0.25, 0.3) is 0 Å². The van der Waals surface area contributed by atoms with E-state index in [4.69, 9.17) is 4.74 Å². The Labute approximate surface area is 205 Å². The topological polar surface area (TPSA) is 98.2 Å². The van der Waals surface area contributed by atoms with E-state index in [0.29, 0.717) is 24.9 Å². The van der Waals surface area contributed by atoms with E-state index in [0.717, 1.165) is 42.2 Å². The Balaban J connectivity index is 1.26. The first-order valence-corrected chi connectivity index (χ1v) is 12.4. The molecule has 1 aliphatic carbocycles. The van der Waals surface area contributed by atoms with Crippen molar-refractivity contribution in [2.24, 2.45) is 5.92 Å². The molecular formula is C26H33N5O4. The second-order valence-corrected chi connectivity index (χ2v) is 9.85. The third kappa shape index (κ3) is 5.19. The molecule has 2 atom stereocenters. The molecule has 0 bridgehead atoms. The van der Waals surface area contributed by atoms with Gasteiger partial charge in [-0.1, -0.05) is 37.1 Å². The van der Waals surface area contributed by atoms with Gasteiger partial charge in [-0.25, -0.2) is 14.6 Å². The smallest absolute Gasteiger partial charge is 0.414 e. The number of hydrogen-bond donors (Lipinski definition) is 2. The van der Waals surface area contributed by atoms with Gasteiger partial charge in [0.1, 0.15) is 12.4 Å². The fraction of sp³-hybridized carbons (Fsp3) is 0.500. The predicted molar refractivity (Wildman–Crippen MR) is 133 cm³/mol. The predicted octanol–water partition coefficient (Wildman–Crippen LogP) is 4.48. The summed E-state index contributed by atoms with van der Waals surface area (Å²) in [6.45, 7) is 5.02. The van der Waals surface area contributed by atoms with Crippen LogP contribution in [0, 0.1) is 5.92 Å². The van der Waals surface area contributed by atoms with Crippen molar-refractivity contribution in [3.05, 3.63) is 53.2 Å². The Morgan fingerprint density at radius 1 is 1.17 bits per heavy atom. The summed E-state index contributed by atoms with van der Waals surface area (Å²) in [7, 11) is 1.70. The van der Waals surface area contributed by atoms with E-state index in [-0.39, 0.29) is 18.7 Å². The summed E-state index contributed by atoms with van der Waals surface area (Å²) >= 11 is 0. The zero-order valence-electron chi connectivity index (χ0n) is 20.3. The van der Waals surface area contributed by atoms with Crippen LogP contribution >= 0.6 is 0 Å². The maximum Gasteiger partial charge on any atom is 0.414 e. The Kier molecular flexibility index (Phi) is 6.51. The summed E-state index contributed by atoms with van der Waals surface area (Å²) in [4.78, 5) is 33.1. The lowest BCUT2D eigenvalue weighted by Gasteiger charge is -2.38. The van der Waals surface area contributed by atoms with Crippen molar-refractivity contribution in [2.75, 3.05) is 43.4 Å². The molecule has 1 saturated heterocycles. The average molecular weight is 480 g/mol. The molecule has 2 fully saturated rings. The van der Waals surface area contributed by atoms with Gasteiger partial charge >= 0.3 is 12.2 Å². The molecule has 2 unspecified atom stereocenters. The fourth-order valence-corrected chi connectivity index (χ4v) is 5.01. The van der Waals surface area contributed by atoms with Crippen molar-refractivity contribution in [1.82, 2.24) is 14.8 Å². The minimum absolute atomic E-state index is 0.0384. The summed E-state index contributed by atoms with van der Waals surface area (Å²) in [6, 6.07) is 11.0. The number of fused-ring (bicyclic) bond motifs is 1. The van der Waals surface area contributed by atoms with Crippen LogP contribution in [0.5, 0.6) is 0 Å². The van der Waals surface area contributed by atoms with Crippen LogP contribution in [0.25, 0.3) is 0 Å². The first kappa shape index (κ1) is 23.4. The number of carbonyl (C=O) groups excluding carboxylic acids is 1. The molecule has 3 aliphatic rings. The summed E-state index contributed by atoms with van der Waals surface area (Å²) in [5, 5.41) is 12.7. The van der Waals surface area contributed by atoms with Crippen LogP contribution in [0.2, 0.25) is 0 Å². The molecule has 1 saturated carbocycles. The van der Waals surface area contributed by atoms with E-state index in [1.807, 2.05) is 6.07 Å². The van der Waals surface area contributed by atoms with Gasteiger partial charge < -0.3 is 20.1 Å². The molecule has 2 aromatic rings. The van der Waals surface area contributed by atoms with Gasteiger partial charge in [-0.2, -0.15) is 0 Å². The zero-order chi connectivity index (χ0) is 24.5. The van der Waals surface area contributed by atoms with E-state index in [2.05, 4.69) is 46.4 Å². The number of ether oxygens (including phenoxy) is 1. The van der Waals surface area contributed by atoms with Crippen LogP contribution < -0.4 is 10.2 Å². The van der Waals surface area contributed by atoms with Crippen LogP contribution in [0.3, 0.4) is 0 Å². The maximum absolute atomic E-state index is 11.9. The molecule has 0 spiro atoms. The minimum atomic E-state index is -0.825. The number of piperazine rings is 1. The van der Waals surface area contributed by atoms with E-state index in [9.17, 15) is 14.7 Å². The van der Waals surface area contributed by atoms with Crippen molar-refractivity contribution >= 4 is 23.7 Å². The van der Waals surface area contributed by atoms with Crippen LogP contribution in [-0.4, -0.2) is 65.3 Å². The third-order valence-electron chi connectivity index (χ3n) is 7.41. The van der Waals surface area contributed by atoms with E-state index in [1.54, 1.807) is 13.2 Å². The number of rotatable bonds is 7. The molecule has 186 valence electrons. The van der Waals surface area contributed by atoms with E-state index >= 15 is 0 Å². The molecular weight excluding hydrogens is 446 g/mol. The number of hydrogen-bond acceptors (Lipinski definition) is 6. The van der Waals surface area contributed by atoms with Crippen molar-refractivity contribution in [3.63, 3.8) is 0 Å². The molecule has 0 radical (unpaired) electrons. The van der Waals surface area contributed by atoms with Crippen LogP contribution in [-0.2, 0) is 11.3 Å². The summed E-state index contributed by atoms with van der Waals surface area (Å²) < 4.78 is 5.12. The van der Waals surface area contributed by atoms with Crippen LogP contribution in [0.1, 0.15) is 55.0 Å². The van der Waals surface area contributed by atoms with Gasteiger partial charge in [0.15, 0.2) is 0 Å². The number of nitrogens with one attached hydrogen (secondary N) is 1. The molecule has 1 aromatic carbocycles. The first-order valence-electron chi connectivity index (χ1n) is 12.4. The second-order valence-electron chi connectivity index (χ2n) is 9.85. The molecule has 2 amide bonds. The molecule has 9 nitrogen and oxygen atoms in total. The van der Waals surface area contributed by atoms with Gasteiger partial charge in [0, 0.05) is 63.1 Å². The maximum atomic E-state index is 11.9. The molecule has 1 aromatic heterocycles. The molecule has 2 aliphatic heterocycles. The van der Waals surface area contributed by atoms with E-state index < -0.39 is 6.09 Å². The Morgan fingerprint density at radius 3 is 2.51 bits per heavy atom. The molecule has 2 N–H and O–H groups in total. The van der Waals surface area contributed by atoms with Crippen molar-refractivity contribution < 1.29 is 19.4 Å². The van der Waals surface area contributed by atoms with Gasteiger partial charge in [0.05, 0.1) is 5.69 Å².